The SMILES string of the molecule is CN1[C]=C(OC(F)(F)F)CN1. The van der Waals surface area contributed by atoms with E-state index in [4.69, 9.17) is 0 Å². The molecule has 0 saturated heterocycles. The third-order valence-corrected chi connectivity index (χ3v) is 1.01. The largest absolute Gasteiger partial charge is 0.572 e. The maximum absolute atomic E-state index is 11.5. The van der Waals surface area contributed by atoms with Gasteiger partial charge in [0.15, 0.2) is 0 Å². The first-order chi connectivity index (χ1) is 4.97. The predicted octanol–water partition coefficient (Wildman–Crippen LogP) is 0.617. The van der Waals surface area contributed by atoms with Crippen LogP contribution in [0.15, 0.2) is 5.76 Å². The number of rotatable bonds is 1. The van der Waals surface area contributed by atoms with Crippen LogP contribution in [0.3, 0.4) is 0 Å². The van der Waals surface area contributed by atoms with Crippen LogP contribution in [0.1, 0.15) is 0 Å². The molecule has 6 heteroatoms. The van der Waals surface area contributed by atoms with Gasteiger partial charge in [0.05, 0.1) is 6.54 Å². The van der Waals surface area contributed by atoms with Gasteiger partial charge in [-0.1, -0.05) is 0 Å². The van der Waals surface area contributed by atoms with E-state index in [-0.39, 0.29) is 12.3 Å². The van der Waals surface area contributed by atoms with Crippen molar-refractivity contribution in [3.63, 3.8) is 0 Å². The van der Waals surface area contributed by atoms with Crippen molar-refractivity contribution in [1.82, 2.24) is 10.4 Å². The van der Waals surface area contributed by atoms with E-state index in [0.29, 0.717) is 0 Å². The molecule has 1 rings (SSSR count). The number of nitrogens with zero attached hydrogens (tertiary/aromatic N) is 1. The Labute approximate surface area is 61.4 Å². The van der Waals surface area contributed by atoms with E-state index in [1.54, 1.807) is 0 Å². The quantitative estimate of drug-likeness (QED) is 0.619. The van der Waals surface area contributed by atoms with Gasteiger partial charge in [-0.05, 0) is 0 Å². The molecule has 0 aliphatic carbocycles. The highest BCUT2D eigenvalue weighted by Gasteiger charge is 2.33. The number of ether oxygens (including phenoxy) is 1. The lowest BCUT2D eigenvalue weighted by Gasteiger charge is -2.06. The highest BCUT2D eigenvalue weighted by Crippen LogP contribution is 2.21. The van der Waals surface area contributed by atoms with E-state index < -0.39 is 6.36 Å². The van der Waals surface area contributed by atoms with Crippen LogP contribution in [0, 0.1) is 6.20 Å². The number of hydrogen-bond acceptors (Lipinski definition) is 3. The molecular formula is C5H6F3N2O. The Hall–Kier alpha value is -0.910. The Morgan fingerprint density at radius 1 is 1.64 bits per heavy atom. The van der Waals surface area contributed by atoms with Crippen LogP contribution in [-0.2, 0) is 4.74 Å². The molecule has 3 nitrogen and oxygen atoms in total. The second-order valence-corrected chi connectivity index (χ2v) is 1.98. The molecule has 0 aromatic carbocycles. The van der Waals surface area contributed by atoms with Crippen LogP contribution in [-0.4, -0.2) is 25.0 Å². The Balaban J connectivity index is 2.45. The fourth-order valence-corrected chi connectivity index (χ4v) is 0.655. The lowest BCUT2D eigenvalue weighted by atomic mass is 10.6. The van der Waals surface area contributed by atoms with Crippen molar-refractivity contribution in [1.29, 1.82) is 0 Å². The number of hydrazine groups is 1. The van der Waals surface area contributed by atoms with Crippen molar-refractivity contribution < 1.29 is 17.9 Å². The molecule has 0 aromatic heterocycles. The van der Waals surface area contributed by atoms with Gasteiger partial charge in [-0.25, -0.2) is 5.43 Å². The monoisotopic (exact) mass is 167 g/mol. The minimum Gasteiger partial charge on any atom is -0.407 e. The first-order valence-electron chi connectivity index (χ1n) is 2.83. The summed E-state index contributed by atoms with van der Waals surface area (Å²) in [4.78, 5) is 0. The van der Waals surface area contributed by atoms with E-state index in [1.807, 2.05) is 0 Å². The Morgan fingerprint density at radius 2 is 2.27 bits per heavy atom. The summed E-state index contributed by atoms with van der Waals surface area (Å²) in [6.07, 6.45) is -2.31. The zero-order valence-electron chi connectivity index (χ0n) is 5.70. The zero-order chi connectivity index (χ0) is 8.48. The molecule has 1 aliphatic heterocycles. The predicted molar refractivity (Wildman–Crippen MR) is 29.7 cm³/mol. The Morgan fingerprint density at radius 3 is 2.64 bits per heavy atom. The molecule has 0 spiro atoms. The van der Waals surface area contributed by atoms with Crippen molar-refractivity contribution in [2.75, 3.05) is 13.6 Å². The molecule has 0 atom stereocenters. The molecule has 0 aromatic rings. The number of nitrogens with one attached hydrogen (secondary N) is 1. The van der Waals surface area contributed by atoms with E-state index in [0.717, 1.165) is 0 Å². The van der Waals surface area contributed by atoms with Crippen LogP contribution >= 0.6 is 0 Å². The normalized spacial score (nSPS) is 18.5. The van der Waals surface area contributed by atoms with Crippen LogP contribution in [0.4, 0.5) is 13.2 Å². The maximum Gasteiger partial charge on any atom is 0.572 e. The third-order valence-electron chi connectivity index (χ3n) is 1.01. The summed E-state index contributed by atoms with van der Waals surface area (Å²) < 4.78 is 38.1. The van der Waals surface area contributed by atoms with Gasteiger partial charge < -0.3 is 9.75 Å². The molecule has 1 N–H and O–H groups in total. The Bertz CT molecular complexity index is 177. The van der Waals surface area contributed by atoms with E-state index in [9.17, 15) is 13.2 Å². The summed E-state index contributed by atoms with van der Waals surface area (Å²) in [5.74, 6) is -0.250. The van der Waals surface area contributed by atoms with Crippen molar-refractivity contribution in [2.45, 2.75) is 6.36 Å². The molecule has 63 valence electrons. The van der Waals surface area contributed by atoms with Crippen LogP contribution in [0.2, 0.25) is 0 Å². The average Bonchev–Trinajstić information content (AvgIpc) is 2.10. The fourth-order valence-electron chi connectivity index (χ4n) is 0.655. The lowest BCUT2D eigenvalue weighted by molar-refractivity contribution is -0.305. The van der Waals surface area contributed by atoms with Gasteiger partial charge in [0.25, 0.3) is 0 Å². The van der Waals surface area contributed by atoms with E-state index >= 15 is 0 Å². The first kappa shape index (κ1) is 8.19. The van der Waals surface area contributed by atoms with Gasteiger partial charge in [-0.3, -0.25) is 0 Å². The van der Waals surface area contributed by atoms with Gasteiger partial charge in [0.1, 0.15) is 12.0 Å². The third kappa shape index (κ3) is 2.67. The lowest BCUT2D eigenvalue weighted by Crippen LogP contribution is -2.24. The van der Waals surface area contributed by atoms with Crippen molar-refractivity contribution in [2.24, 2.45) is 0 Å². The van der Waals surface area contributed by atoms with Crippen LogP contribution < -0.4 is 5.43 Å². The minimum atomic E-state index is -4.62. The molecule has 1 radical (unpaired) electrons. The molecule has 1 aliphatic rings. The number of hydrogen-bond donors (Lipinski definition) is 1. The highest BCUT2D eigenvalue weighted by atomic mass is 19.4. The summed E-state index contributed by atoms with van der Waals surface area (Å²) in [6, 6.07) is 0. The summed E-state index contributed by atoms with van der Waals surface area (Å²) in [5.41, 5.74) is 2.55. The summed E-state index contributed by atoms with van der Waals surface area (Å²) in [5, 5.41) is 1.28. The number of alkyl halides is 3. The van der Waals surface area contributed by atoms with Crippen molar-refractivity contribution in [3.05, 3.63) is 12.0 Å². The molecule has 11 heavy (non-hydrogen) atoms. The van der Waals surface area contributed by atoms with Gasteiger partial charge in [0.2, 0.25) is 0 Å². The van der Waals surface area contributed by atoms with Crippen molar-refractivity contribution in [3.8, 4) is 0 Å². The molecular weight excluding hydrogens is 161 g/mol. The van der Waals surface area contributed by atoms with Crippen molar-refractivity contribution >= 4 is 0 Å². The molecule has 0 saturated carbocycles. The standard InChI is InChI=1S/C5H6F3N2O/c1-10-3-4(2-9-10)11-5(6,7)8/h9H,2H2,1H3. The van der Waals surface area contributed by atoms with Crippen LogP contribution in [0.5, 0.6) is 0 Å². The smallest absolute Gasteiger partial charge is 0.407 e. The van der Waals surface area contributed by atoms with Gasteiger partial charge in [-0.15, -0.1) is 13.2 Å². The van der Waals surface area contributed by atoms with E-state index in [2.05, 4.69) is 16.4 Å². The highest BCUT2D eigenvalue weighted by molar-refractivity contribution is 4.93. The topological polar surface area (TPSA) is 24.5 Å². The second kappa shape index (κ2) is 2.61. The molecule has 0 bridgehead atoms. The van der Waals surface area contributed by atoms with Gasteiger partial charge >= 0.3 is 6.36 Å². The Kier molecular flexibility index (Phi) is 1.95. The summed E-state index contributed by atoms with van der Waals surface area (Å²) >= 11 is 0. The first-order valence-corrected chi connectivity index (χ1v) is 2.83. The summed E-state index contributed by atoms with van der Waals surface area (Å²) in [7, 11) is 1.53. The van der Waals surface area contributed by atoms with Gasteiger partial charge in [-0.2, -0.15) is 0 Å². The molecule has 0 amide bonds. The fraction of sp³-hybridized carbons (Fsp3) is 0.600. The van der Waals surface area contributed by atoms with Gasteiger partial charge in [0, 0.05) is 7.05 Å². The number of halogens is 3. The second-order valence-electron chi connectivity index (χ2n) is 1.98. The minimum absolute atomic E-state index is 0.0238. The molecule has 0 fully saturated rings. The average molecular weight is 167 g/mol. The molecule has 0 unspecified atom stereocenters. The molecule has 1 heterocycles. The van der Waals surface area contributed by atoms with Crippen LogP contribution in [0.25, 0.3) is 0 Å². The maximum atomic E-state index is 11.5. The van der Waals surface area contributed by atoms with E-state index in [1.165, 1.54) is 12.1 Å². The zero-order valence-corrected chi connectivity index (χ0v) is 5.70. The summed E-state index contributed by atoms with van der Waals surface area (Å²) in [6.45, 7) is 0.0238.